The van der Waals surface area contributed by atoms with E-state index in [4.69, 9.17) is 16.1 Å². The zero-order chi connectivity index (χ0) is 29.3. The van der Waals surface area contributed by atoms with Gasteiger partial charge in [-0.25, -0.2) is 0 Å². The number of carbonyl (C=O) groups is 2. The van der Waals surface area contributed by atoms with Gasteiger partial charge in [-0.3, -0.25) is 9.59 Å². The van der Waals surface area contributed by atoms with Crippen molar-refractivity contribution in [2.45, 2.75) is 63.5 Å². The van der Waals surface area contributed by atoms with E-state index in [0.717, 1.165) is 44.5 Å². The Balaban J connectivity index is 1.23. The molecule has 2 aliphatic rings. The maximum atomic E-state index is 13.9. The fraction of sp³-hybridized carbons (Fsp3) is 0.485. The van der Waals surface area contributed by atoms with Crippen molar-refractivity contribution in [2.24, 2.45) is 0 Å². The number of likely N-dealkylation sites (tertiary alicyclic amines) is 1. The van der Waals surface area contributed by atoms with Crippen LogP contribution in [0.2, 0.25) is 5.02 Å². The second-order valence-electron chi connectivity index (χ2n) is 11.5. The number of carbonyl (C=O) groups excluding carboxylic acids is 2. The summed E-state index contributed by atoms with van der Waals surface area (Å²) < 4.78 is 5.42. The predicted molar refractivity (Wildman–Crippen MR) is 166 cm³/mol. The lowest BCUT2D eigenvalue weighted by Crippen LogP contribution is -2.50. The van der Waals surface area contributed by atoms with Crippen LogP contribution in [0.3, 0.4) is 0 Å². The number of hydrogen-bond acceptors (Lipinski definition) is 6. The van der Waals surface area contributed by atoms with Crippen molar-refractivity contribution in [3.63, 3.8) is 0 Å². The second kappa shape index (κ2) is 14.8. The lowest BCUT2D eigenvalue weighted by atomic mass is 9.95. The highest BCUT2D eigenvalue weighted by Gasteiger charge is 2.32. The van der Waals surface area contributed by atoms with E-state index in [1.807, 2.05) is 23.1 Å². The van der Waals surface area contributed by atoms with Gasteiger partial charge < -0.3 is 25.0 Å². The highest BCUT2D eigenvalue weighted by atomic mass is 35.5. The first-order valence-electron chi connectivity index (χ1n) is 15.3. The molecule has 42 heavy (non-hydrogen) atoms. The minimum atomic E-state index is -0.298. The molecule has 0 aliphatic carbocycles. The van der Waals surface area contributed by atoms with Gasteiger partial charge in [0.2, 0.25) is 5.91 Å². The van der Waals surface area contributed by atoms with Crippen LogP contribution in [0.25, 0.3) is 11.3 Å². The Morgan fingerprint density at radius 1 is 1.10 bits per heavy atom. The van der Waals surface area contributed by atoms with Gasteiger partial charge in [-0.2, -0.15) is 0 Å². The van der Waals surface area contributed by atoms with Gasteiger partial charge in [-0.15, -0.1) is 0 Å². The number of nitrogens with one attached hydrogen (secondary N) is 2. The highest BCUT2D eigenvalue weighted by molar-refractivity contribution is 6.30. The Hall–Kier alpha value is -3.20. The number of halogens is 1. The van der Waals surface area contributed by atoms with Crippen LogP contribution in [0.5, 0.6) is 0 Å². The average molecular weight is 592 g/mol. The molecule has 2 aliphatic heterocycles. The summed E-state index contributed by atoms with van der Waals surface area (Å²) in [5.41, 5.74) is 2.29. The standard InChI is InChI=1S/C33H42ClN5O3/c1-2-24(25-9-5-3-6-10-25)23-39-20-15-28(36-29(33(39)41)16-19-38-17-7-4-8-18-38)22-35-32(40)30-21-31(42-37-30)26-11-13-27(34)14-12-26/h3,5-6,9-14,21,24,28-29,36H,2,4,7-8,15-20,22-23H2,1H3,(H,35,40). The molecule has 1 aromatic heterocycles. The summed E-state index contributed by atoms with van der Waals surface area (Å²) in [6.45, 7) is 7.05. The van der Waals surface area contributed by atoms with Crippen molar-refractivity contribution in [1.82, 2.24) is 25.6 Å². The molecular weight excluding hydrogens is 550 g/mol. The summed E-state index contributed by atoms with van der Waals surface area (Å²) in [4.78, 5) is 31.4. The Bertz CT molecular complexity index is 1290. The molecular formula is C33H42ClN5O3. The van der Waals surface area contributed by atoms with Crippen molar-refractivity contribution in [3.05, 3.63) is 76.9 Å². The molecule has 2 N–H and O–H groups in total. The van der Waals surface area contributed by atoms with Gasteiger partial charge in [-0.05, 0) is 75.0 Å². The number of nitrogens with zero attached hydrogens (tertiary/aromatic N) is 3. The zero-order valence-electron chi connectivity index (χ0n) is 24.4. The molecule has 2 aromatic carbocycles. The summed E-state index contributed by atoms with van der Waals surface area (Å²) in [7, 11) is 0. The zero-order valence-corrected chi connectivity index (χ0v) is 25.2. The molecule has 224 valence electrons. The van der Waals surface area contributed by atoms with Crippen LogP contribution < -0.4 is 10.6 Å². The molecule has 9 heteroatoms. The highest BCUT2D eigenvalue weighted by Crippen LogP contribution is 2.24. The quantitative estimate of drug-likeness (QED) is 0.312. The van der Waals surface area contributed by atoms with Crippen LogP contribution >= 0.6 is 11.6 Å². The van der Waals surface area contributed by atoms with E-state index >= 15 is 0 Å². The van der Waals surface area contributed by atoms with Crippen molar-refractivity contribution < 1.29 is 14.1 Å². The molecule has 3 atom stereocenters. The number of piperidine rings is 1. The van der Waals surface area contributed by atoms with Crippen molar-refractivity contribution >= 4 is 23.4 Å². The Morgan fingerprint density at radius 2 is 1.86 bits per heavy atom. The number of hydrogen-bond donors (Lipinski definition) is 2. The molecule has 2 fully saturated rings. The first kappa shape index (κ1) is 30.3. The monoisotopic (exact) mass is 591 g/mol. The van der Waals surface area contributed by atoms with Gasteiger partial charge in [-0.1, -0.05) is 60.4 Å². The van der Waals surface area contributed by atoms with E-state index in [2.05, 4.69) is 51.9 Å². The number of rotatable bonds is 11. The molecule has 8 nitrogen and oxygen atoms in total. The maximum absolute atomic E-state index is 13.9. The molecule has 3 aromatic rings. The van der Waals surface area contributed by atoms with Crippen LogP contribution in [0.1, 0.15) is 67.4 Å². The Morgan fingerprint density at radius 3 is 2.60 bits per heavy atom. The van der Waals surface area contributed by atoms with E-state index in [0.29, 0.717) is 30.4 Å². The van der Waals surface area contributed by atoms with Gasteiger partial charge in [0.1, 0.15) is 0 Å². The van der Waals surface area contributed by atoms with Crippen molar-refractivity contribution in [1.29, 1.82) is 0 Å². The number of benzene rings is 2. The van der Waals surface area contributed by atoms with E-state index < -0.39 is 0 Å². The molecule has 0 radical (unpaired) electrons. The molecule has 0 bridgehead atoms. The minimum Gasteiger partial charge on any atom is -0.355 e. The largest absolute Gasteiger partial charge is 0.355 e. The molecule has 3 unspecified atom stereocenters. The second-order valence-corrected chi connectivity index (χ2v) is 11.9. The third-order valence-electron chi connectivity index (χ3n) is 8.56. The average Bonchev–Trinajstić information content (AvgIpc) is 3.47. The van der Waals surface area contributed by atoms with Gasteiger partial charge in [0.15, 0.2) is 11.5 Å². The van der Waals surface area contributed by atoms with E-state index in [-0.39, 0.29) is 35.5 Å². The summed E-state index contributed by atoms with van der Waals surface area (Å²) >= 11 is 5.99. The van der Waals surface area contributed by atoms with E-state index in [1.54, 1.807) is 18.2 Å². The molecule has 5 rings (SSSR count). The predicted octanol–water partition coefficient (Wildman–Crippen LogP) is 5.35. The molecule has 2 saturated heterocycles. The van der Waals surface area contributed by atoms with E-state index in [1.165, 1.54) is 24.8 Å². The first-order chi connectivity index (χ1) is 20.5. The fourth-order valence-electron chi connectivity index (χ4n) is 6.03. The number of amides is 2. The summed E-state index contributed by atoms with van der Waals surface area (Å²) in [5, 5.41) is 11.2. The lowest BCUT2D eigenvalue weighted by Gasteiger charge is -2.31. The van der Waals surface area contributed by atoms with Crippen molar-refractivity contribution in [2.75, 3.05) is 39.3 Å². The Labute approximate surface area is 253 Å². The summed E-state index contributed by atoms with van der Waals surface area (Å²) in [5.74, 6) is 0.663. The molecule has 2 amide bonds. The smallest absolute Gasteiger partial charge is 0.273 e. The maximum Gasteiger partial charge on any atom is 0.273 e. The normalized spacial score (nSPS) is 20.7. The van der Waals surface area contributed by atoms with Crippen LogP contribution in [-0.4, -0.2) is 78.1 Å². The van der Waals surface area contributed by atoms with Crippen molar-refractivity contribution in [3.8, 4) is 11.3 Å². The molecule has 3 heterocycles. The van der Waals surface area contributed by atoms with Gasteiger partial charge in [0, 0.05) is 54.8 Å². The molecule has 0 spiro atoms. The number of aromatic nitrogens is 1. The third kappa shape index (κ3) is 8.00. The topological polar surface area (TPSA) is 90.7 Å². The lowest BCUT2D eigenvalue weighted by molar-refractivity contribution is -0.133. The molecule has 0 saturated carbocycles. The van der Waals surface area contributed by atoms with Gasteiger partial charge >= 0.3 is 0 Å². The van der Waals surface area contributed by atoms with Crippen LogP contribution in [0, 0.1) is 0 Å². The minimum absolute atomic E-state index is 0.0336. The summed E-state index contributed by atoms with van der Waals surface area (Å²) in [6, 6.07) is 19.0. The Kier molecular flexibility index (Phi) is 10.7. The summed E-state index contributed by atoms with van der Waals surface area (Å²) in [6.07, 6.45) is 6.22. The SMILES string of the molecule is CCC(CN1CCC(CNC(=O)c2cc(-c3ccc(Cl)cc3)on2)NC(CCN2CCCCC2)C1=O)c1ccccc1. The van der Waals surface area contributed by atoms with Crippen LogP contribution in [-0.2, 0) is 4.79 Å². The van der Waals surface area contributed by atoms with Gasteiger partial charge in [0.05, 0.1) is 6.04 Å². The van der Waals surface area contributed by atoms with Crippen LogP contribution in [0.15, 0.2) is 65.2 Å². The van der Waals surface area contributed by atoms with E-state index in [9.17, 15) is 9.59 Å². The van der Waals surface area contributed by atoms with Crippen LogP contribution in [0.4, 0.5) is 0 Å². The first-order valence-corrected chi connectivity index (χ1v) is 15.7. The fourth-order valence-corrected chi connectivity index (χ4v) is 6.15. The van der Waals surface area contributed by atoms with Gasteiger partial charge in [0.25, 0.3) is 5.91 Å². The third-order valence-corrected chi connectivity index (χ3v) is 8.81.